The molecule has 2 N–H and O–H groups in total. The second kappa shape index (κ2) is 7.26. The van der Waals surface area contributed by atoms with Crippen LogP contribution in [0.25, 0.3) is 11.1 Å². The highest BCUT2D eigenvalue weighted by molar-refractivity contribution is 5.69. The minimum atomic E-state index is -1.18. The van der Waals surface area contributed by atoms with Gasteiger partial charge in [0.1, 0.15) is 5.60 Å². The van der Waals surface area contributed by atoms with E-state index in [2.05, 4.69) is 31.0 Å². The standard InChI is InChI=1S/C20H23NO/c1-16(2)21-15-9-14-20(3,22)19-13-8-7-12-18(19)17-10-5-4-6-11-17/h4-8,10-13,16,21-22H,15H2,1-3H3. The third-order valence-corrected chi connectivity index (χ3v) is 3.47. The van der Waals surface area contributed by atoms with E-state index in [1.54, 1.807) is 6.92 Å². The normalized spacial score (nSPS) is 13.3. The number of nitrogens with one attached hydrogen (secondary N) is 1. The van der Waals surface area contributed by atoms with E-state index in [0.29, 0.717) is 12.6 Å². The first-order valence-corrected chi connectivity index (χ1v) is 7.61. The smallest absolute Gasteiger partial charge is 0.148 e. The van der Waals surface area contributed by atoms with Gasteiger partial charge in [-0.15, -0.1) is 0 Å². The molecule has 1 atom stereocenters. The van der Waals surface area contributed by atoms with E-state index < -0.39 is 5.60 Å². The first-order chi connectivity index (χ1) is 10.5. The average molecular weight is 293 g/mol. The summed E-state index contributed by atoms with van der Waals surface area (Å²) in [5.74, 6) is 6.01. The van der Waals surface area contributed by atoms with Gasteiger partial charge in [0.2, 0.25) is 0 Å². The van der Waals surface area contributed by atoms with Crippen LogP contribution < -0.4 is 5.32 Å². The Bertz CT molecular complexity index is 663. The maximum atomic E-state index is 10.8. The third kappa shape index (κ3) is 4.21. The van der Waals surface area contributed by atoms with Crippen LogP contribution in [-0.4, -0.2) is 17.7 Å². The molecule has 2 aromatic rings. The zero-order valence-electron chi connectivity index (χ0n) is 13.4. The van der Waals surface area contributed by atoms with E-state index in [-0.39, 0.29) is 0 Å². The van der Waals surface area contributed by atoms with Crippen molar-refractivity contribution in [2.45, 2.75) is 32.4 Å². The van der Waals surface area contributed by atoms with E-state index in [0.717, 1.165) is 16.7 Å². The molecule has 0 saturated carbocycles. The van der Waals surface area contributed by atoms with Gasteiger partial charge in [0.15, 0.2) is 0 Å². The summed E-state index contributed by atoms with van der Waals surface area (Å²) in [5.41, 5.74) is 1.75. The van der Waals surface area contributed by atoms with Crippen molar-refractivity contribution in [1.29, 1.82) is 0 Å². The van der Waals surface area contributed by atoms with Gasteiger partial charge >= 0.3 is 0 Å². The van der Waals surface area contributed by atoms with Crippen LogP contribution in [0, 0.1) is 11.8 Å². The predicted molar refractivity (Wildman–Crippen MR) is 92.4 cm³/mol. The van der Waals surface area contributed by atoms with Crippen LogP contribution in [0.1, 0.15) is 26.3 Å². The zero-order chi connectivity index (χ0) is 16.0. The molecular weight excluding hydrogens is 270 g/mol. The van der Waals surface area contributed by atoms with Crippen LogP contribution in [0.2, 0.25) is 0 Å². The molecule has 22 heavy (non-hydrogen) atoms. The van der Waals surface area contributed by atoms with Crippen molar-refractivity contribution in [3.05, 3.63) is 60.2 Å². The van der Waals surface area contributed by atoms with Crippen LogP contribution >= 0.6 is 0 Å². The van der Waals surface area contributed by atoms with Crippen molar-refractivity contribution >= 4 is 0 Å². The van der Waals surface area contributed by atoms with E-state index in [9.17, 15) is 5.11 Å². The molecule has 0 aromatic heterocycles. The number of hydrogen-bond acceptors (Lipinski definition) is 2. The maximum Gasteiger partial charge on any atom is 0.148 e. The van der Waals surface area contributed by atoms with Crippen molar-refractivity contribution in [1.82, 2.24) is 5.32 Å². The van der Waals surface area contributed by atoms with Crippen LogP contribution in [0.4, 0.5) is 0 Å². The van der Waals surface area contributed by atoms with Gasteiger partial charge in [-0.05, 0) is 31.9 Å². The molecule has 0 saturated heterocycles. The SMILES string of the molecule is CC(C)NCC#CC(C)(O)c1ccccc1-c1ccccc1. The van der Waals surface area contributed by atoms with Gasteiger partial charge in [-0.25, -0.2) is 0 Å². The van der Waals surface area contributed by atoms with Crippen molar-refractivity contribution < 1.29 is 5.11 Å². The molecule has 2 heteroatoms. The van der Waals surface area contributed by atoms with Gasteiger partial charge < -0.3 is 10.4 Å². The van der Waals surface area contributed by atoms with Crippen molar-refractivity contribution in [3.8, 4) is 23.0 Å². The minimum Gasteiger partial charge on any atom is -0.374 e. The lowest BCUT2D eigenvalue weighted by atomic mass is 9.88. The second-order valence-corrected chi connectivity index (χ2v) is 5.82. The zero-order valence-corrected chi connectivity index (χ0v) is 13.4. The highest BCUT2D eigenvalue weighted by Crippen LogP contribution is 2.31. The molecule has 0 aliphatic heterocycles. The molecule has 0 aliphatic carbocycles. The lowest BCUT2D eigenvalue weighted by Crippen LogP contribution is -2.24. The van der Waals surface area contributed by atoms with Crippen molar-refractivity contribution in [2.24, 2.45) is 0 Å². The molecular formula is C20H23NO. The summed E-state index contributed by atoms with van der Waals surface area (Å²) < 4.78 is 0. The highest BCUT2D eigenvalue weighted by Gasteiger charge is 2.23. The Labute approximate surface area is 133 Å². The molecule has 0 aliphatic rings. The van der Waals surface area contributed by atoms with Crippen molar-refractivity contribution in [2.75, 3.05) is 6.54 Å². The fourth-order valence-corrected chi connectivity index (χ4v) is 2.32. The highest BCUT2D eigenvalue weighted by atomic mass is 16.3. The van der Waals surface area contributed by atoms with E-state index in [1.165, 1.54) is 0 Å². The summed E-state index contributed by atoms with van der Waals surface area (Å²) in [6, 6.07) is 18.3. The summed E-state index contributed by atoms with van der Waals surface area (Å²) in [4.78, 5) is 0. The molecule has 0 spiro atoms. The Balaban J connectivity index is 2.32. The molecule has 0 amide bonds. The Hall–Kier alpha value is -2.08. The van der Waals surface area contributed by atoms with E-state index >= 15 is 0 Å². The Kier molecular flexibility index (Phi) is 5.38. The summed E-state index contributed by atoms with van der Waals surface area (Å²) >= 11 is 0. The maximum absolute atomic E-state index is 10.8. The van der Waals surface area contributed by atoms with E-state index in [1.807, 2.05) is 54.6 Å². The Morgan fingerprint density at radius 2 is 1.68 bits per heavy atom. The Morgan fingerprint density at radius 1 is 1.05 bits per heavy atom. The number of benzene rings is 2. The molecule has 114 valence electrons. The molecule has 2 rings (SSSR count). The lowest BCUT2D eigenvalue weighted by molar-refractivity contribution is 0.122. The minimum absolute atomic E-state index is 0.385. The fraction of sp³-hybridized carbons (Fsp3) is 0.300. The lowest BCUT2D eigenvalue weighted by Gasteiger charge is -2.21. The summed E-state index contributed by atoms with van der Waals surface area (Å²) in [5, 5.41) is 14.0. The van der Waals surface area contributed by atoms with Gasteiger partial charge in [0.25, 0.3) is 0 Å². The first kappa shape index (κ1) is 16.3. The molecule has 0 fully saturated rings. The van der Waals surface area contributed by atoms with Gasteiger partial charge in [0, 0.05) is 11.6 Å². The molecule has 1 unspecified atom stereocenters. The van der Waals surface area contributed by atoms with Crippen LogP contribution in [-0.2, 0) is 5.60 Å². The van der Waals surface area contributed by atoms with Gasteiger partial charge in [-0.1, -0.05) is 66.4 Å². The second-order valence-electron chi connectivity index (χ2n) is 5.82. The number of hydrogen-bond donors (Lipinski definition) is 2. The summed E-state index contributed by atoms with van der Waals surface area (Å²) in [7, 11) is 0. The molecule has 2 nitrogen and oxygen atoms in total. The number of aliphatic hydroxyl groups is 1. The molecule has 2 aromatic carbocycles. The van der Waals surface area contributed by atoms with Gasteiger partial charge in [0.05, 0.1) is 6.54 Å². The molecule has 0 radical (unpaired) electrons. The van der Waals surface area contributed by atoms with Crippen molar-refractivity contribution in [3.63, 3.8) is 0 Å². The Morgan fingerprint density at radius 3 is 2.36 bits per heavy atom. The largest absolute Gasteiger partial charge is 0.374 e. The van der Waals surface area contributed by atoms with E-state index in [4.69, 9.17) is 0 Å². The van der Waals surface area contributed by atoms with Gasteiger partial charge in [-0.2, -0.15) is 0 Å². The quantitative estimate of drug-likeness (QED) is 0.845. The monoisotopic (exact) mass is 293 g/mol. The third-order valence-electron chi connectivity index (χ3n) is 3.47. The fourth-order valence-electron chi connectivity index (χ4n) is 2.32. The van der Waals surface area contributed by atoms with Crippen LogP contribution in [0.3, 0.4) is 0 Å². The number of rotatable bonds is 4. The predicted octanol–water partition coefficient (Wildman–Crippen LogP) is 3.56. The first-order valence-electron chi connectivity index (χ1n) is 7.61. The molecule has 0 bridgehead atoms. The topological polar surface area (TPSA) is 32.3 Å². The summed E-state index contributed by atoms with van der Waals surface area (Å²) in [6.45, 7) is 6.47. The van der Waals surface area contributed by atoms with Gasteiger partial charge in [-0.3, -0.25) is 0 Å². The van der Waals surface area contributed by atoms with Crippen LogP contribution in [0.15, 0.2) is 54.6 Å². The summed E-state index contributed by atoms with van der Waals surface area (Å²) in [6.07, 6.45) is 0. The average Bonchev–Trinajstić information content (AvgIpc) is 2.52. The molecule has 0 heterocycles. The van der Waals surface area contributed by atoms with Crippen LogP contribution in [0.5, 0.6) is 0 Å².